The molecule has 1 fully saturated rings. The normalized spacial score (nSPS) is 17.8. The highest BCUT2D eigenvalue weighted by molar-refractivity contribution is 6.04. The molecule has 1 aromatic carbocycles. The van der Waals surface area contributed by atoms with Crippen LogP contribution in [-0.2, 0) is 0 Å². The third kappa shape index (κ3) is 2.98. The zero-order chi connectivity index (χ0) is 17.9. The maximum Gasteiger partial charge on any atom is 0.275 e. The first-order chi connectivity index (χ1) is 12.8. The standard InChI is InChI=1S/C20H20N4O2/c25-19-16-7-4-3-6-15(16)18(22-23-19)20(26)24-13-5-1-2-8-17(24)14-9-11-21-12-10-14/h3-4,6-7,9-12,17H,1-2,5,8,13H2,(H,23,25). The molecule has 3 aromatic rings. The van der Waals surface area contributed by atoms with Crippen molar-refractivity contribution in [2.45, 2.75) is 31.7 Å². The number of likely N-dealkylation sites (tertiary alicyclic amines) is 1. The number of hydrogen-bond acceptors (Lipinski definition) is 4. The molecule has 0 bridgehead atoms. The number of carbonyl (C=O) groups excluding carboxylic acids is 1. The van der Waals surface area contributed by atoms with Crippen molar-refractivity contribution in [2.24, 2.45) is 0 Å². The van der Waals surface area contributed by atoms with Crippen molar-refractivity contribution in [1.82, 2.24) is 20.1 Å². The van der Waals surface area contributed by atoms with Crippen LogP contribution in [0.5, 0.6) is 0 Å². The van der Waals surface area contributed by atoms with E-state index in [1.54, 1.807) is 30.6 Å². The molecule has 4 rings (SSSR count). The quantitative estimate of drug-likeness (QED) is 0.772. The number of rotatable bonds is 2. The van der Waals surface area contributed by atoms with E-state index in [0.29, 0.717) is 23.0 Å². The van der Waals surface area contributed by atoms with Gasteiger partial charge < -0.3 is 4.90 Å². The molecule has 1 saturated heterocycles. The van der Waals surface area contributed by atoms with Gasteiger partial charge in [-0.05, 0) is 36.6 Å². The molecule has 1 aliphatic rings. The second-order valence-electron chi connectivity index (χ2n) is 6.59. The lowest BCUT2D eigenvalue weighted by atomic mass is 10.0. The number of hydrogen-bond donors (Lipinski definition) is 1. The summed E-state index contributed by atoms with van der Waals surface area (Å²) in [6.07, 6.45) is 7.58. The van der Waals surface area contributed by atoms with Gasteiger partial charge in [0.2, 0.25) is 0 Å². The fourth-order valence-corrected chi connectivity index (χ4v) is 3.70. The third-order valence-corrected chi connectivity index (χ3v) is 5.00. The molecule has 2 aromatic heterocycles. The molecule has 1 unspecified atom stereocenters. The van der Waals surface area contributed by atoms with E-state index in [4.69, 9.17) is 0 Å². The minimum Gasteiger partial charge on any atom is -0.330 e. The summed E-state index contributed by atoms with van der Waals surface area (Å²) < 4.78 is 0. The Balaban J connectivity index is 1.78. The number of nitrogens with zero attached hydrogens (tertiary/aromatic N) is 3. The maximum absolute atomic E-state index is 13.4. The zero-order valence-electron chi connectivity index (χ0n) is 14.4. The smallest absolute Gasteiger partial charge is 0.275 e. The molecule has 1 atom stereocenters. The van der Waals surface area contributed by atoms with Crippen molar-refractivity contribution in [3.05, 3.63) is 70.4 Å². The molecule has 26 heavy (non-hydrogen) atoms. The van der Waals surface area contributed by atoms with E-state index < -0.39 is 0 Å². The van der Waals surface area contributed by atoms with Crippen molar-refractivity contribution in [3.8, 4) is 0 Å². The number of aromatic nitrogens is 3. The van der Waals surface area contributed by atoms with Crippen LogP contribution in [0.2, 0.25) is 0 Å². The van der Waals surface area contributed by atoms with Gasteiger partial charge in [-0.2, -0.15) is 5.10 Å². The zero-order valence-corrected chi connectivity index (χ0v) is 14.4. The van der Waals surface area contributed by atoms with E-state index in [9.17, 15) is 9.59 Å². The predicted octanol–water partition coefficient (Wildman–Crippen LogP) is 3.08. The topological polar surface area (TPSA) is 79.0 Å². The number of fused-ring (bicyclic) bond motifs is 1. The summed E-state index contributed by atoms with van der Waals surface area (Å²) in [6.45, 7) is 0.682. The Hall–Kier alpha value is -3.02. The van der Waals surface area contributed by atoms with Gasteiger partial charge in [-0.15, -0.1) is 0 Å². The second kappa shape index (κ2) is 7.07. The number of nitrogens with one attached hydrogen (secondary N) is 1. The van der Waals surface area contributed by atoms with Gasteiger partial charge in [-0.1, -0.05) is 31.0 Å². The molecule has 0 spiro atoms. The van der Waals surface area contributed by atoms with E-state index in [2.05, 4.69) is 15.2 Å². The van der Waals surface area contributed by atoms with Crippen LogP contribution in [0.3, 0.4) is 0 Å². The number of pyridine rings is 1. The Bertz CT molecular complexity index is 984. The molecular formula is C20H20N4O2. The highest BCUT2D eigenvalue weighted by Crippen LogP contribution is 2.31. The van der Waals surface area contributed by atoms with E-state index in [1.807, 2.05) is 23.1 Å². The van der Waals surface area contributed by atoms with Gasteiger partial charge >= 0.3 is 0 Å². The SMILES string of the molecule is O=C(c1n[nH]c(=O)c2ccccc12)N1CCCCCC1c1ccncc1. The van der Waals surface area contributed by atoms with Crippen LogP contribution in [0.1, 0.15) is 47.8 Å². The van der Waals surface area contributed by atoms with E-state index in [0.717, 1.165) is 31.2 Å². The van der Waals surface area contributed by atoms with Crippen LogP contribution >= 0.6 is 0 Å². The van der Waals surface area contributed by atoms with Gasteiger partial charge in [0, 0.05) is 24.3 Å². The summed E-state index contributed by atoms with van der Waals surface area (Å²) in [7, 11) is 0. The lowest BCUT2D eigenvalue weighted by Crippen LogP contribution is -2.36. The predicted molar refractivity (Wildman–Crippen MR) is 98.8 cm³/mol. The Morgan fingerprint density at radius 2 is 1.81 bits per heavy atom. The van der Waals surface area contributed by atoms with Crippen molar-refractivity contribution < 1.29 is 4.79 Å². The van der Waals surface area contributed by atoms with Crippen LogP contribution < -0.4 is 5.56 Å². The first-order valence-corrected chi connectivity index (χ1v) is 8.94. The van der Waals surface area contributed by atoms with Crippen LogP contribution in [0.15, 0.2) is 53.6 Å². The molecule has 6 heteroatoms. The molecule has 1 N–H and O–H groups in total. The largest absolute Gasteiger partial charge is 0.330 e. The van der Waals surface area contributed by atoms with Crippen LogP contribution in [0.25, 0.3) is 10.8 Å². The first-order valence-electron chi connectivity index (χ1n) is 8.94. The van der Waals surface area contributed by atoms with Crippen LogP contribution in [0.4, 0.5) is 0 Å². The van der Waals surface area contributed by atoms with Crippen molar-refractivity contribution in [1.29, 1.82) is 0 Å². The highest BCUT2D eigenvalue weighted by atomic mass is 16.2. The van der Waals surface area contributed by atoms with Crippen LogP contribution in [-0.4, -0.2) is 32.5 Å². The fourth-order valence-electron chi connectivity index (χ4n) is 3.70. The van der Waals surface area contributed by atoms with Gasteiger partial charge in [-0.25, -0.2) is 5.10 Å². The molecule has 1 aliphatic heterocycles. The minimum atomic E-state index is -0.279. The van der Waals surface area contributed by atoms with E-state index in [1.165, 1.54) is 0 Å². The van der Waals surface area contributed by atoms with Crippen LogP contribution in [0, 0.1) is 0 Å². The summed E-state index contributed by atoms with van der Waals surface area (Å²) in [5.74, 6) is -0.138. The van der Waals surface area contributed by atoms with Crippen molar-refractivity contribution in [3.63, 3.8) is 0 Å². The average molecular weight is 348 g/mol. The Kier molecular flexibility index (Phi) is 4.48. The van der Waals surface area contributed by atoms with Gasteiger partial charge in [0.25, 0.3) is 11.5 Å². The summed E-state index contributed by atoms with van der Waals surface area (Å²) in [6, 6.07) is 11.0. The third-order valence-electron chi connectivity index (χ3n) is 5.00. The number of amides is 1. The van der Waals surface area contributed by atoms with Gasteiger partial charge in [0.1, 0.15) is 0 Å². The Morgan fingerprint density at radius 3 is 2.62 bits per heavy atom. The number of aromatic amines is 1. The van der Waals surface area contributed by atoms with Gasteiger partial charge in [0.05, 0.1) is 11.4 Å². The fraction of sp³-hybridized carbons (Fsp3) is 0.300. The van der Waals surface area contributed by atoms with Gasteiger partial charge in [-0.3, -0.25) is 14.6 Å². The molecule has 0 aliphatic carbocycles. The summed E-state index contributed by atoms with van der Waals surface area (Å²) in [5.41, 5.74) is 1.11. The molecule has 6 nitrogen and oxygen atoms in total. The molecule has 3 heterocycles. The number of benzene rings is 1. The summed E-state index contributed by atoms with van der Waals surface area (Å²) in [5, 5.41) is 7.65. The number of H-pyrrole nitrogens is 1. The summed E-state index contributed by atoms with van der Waals surface area (Å²) >= 11 is 0. The maximum atomic E-state index is 13.4. The molecule has 1 amide bonds. The molecular weight excluding hydrogens is 328 g/mol. The minimum absolute atomic E-state index is 0.000454. The van der Waals surface area contributed by atoms with E-state index in [-0.39, 0.29) is 17.5 Å². The molecule has 132 valence electrons. The lowest BCUT2D eigenvalue weighted by Gasteiger charge is -2.30. The second-order valence-corrected chi connectivity index (χ2v) is 6.59. The highest BCUT2D eigenvalue weighted by Gasteiger charge is 2.29. The monoisotopic (exact) mass is 348 g/mol. The molecule has 0 radical (unpaired) electrons. The summed E-state index contributed by atoms with van der Waals surface area (Å²) in [4.78, 5) is 31.4. The lowest BCUT2D eigenvalue weighted by molar-refractivity contribution is 0.0675. The first kappa shape index (κ1) is 16.4. The Labute approximate surface area is 150 Å². The van der Waals surface area contributed by atoms with Crippen molar-refractivity contribution >= 4 is 16.7 Å². The average Bonchev–Trinajstić information content (AvgIpc) is 2.95. The molecule has 0 saturated carbocycles. The number of carbonyl (C=O) groups is 1. The Morgan fingerprint density at radius 1 is 1.04 bits per heavy atom. The van der Waals surface area contributed by atoms with E-state index >= 15 is 0 Å². The van der Waals surface area contributed by atoms with Crippen molar-refractivity contribution in [2.75, 3.05) is 6.54 Å². The van der Waals surface area contributed by atoms with Gasteiger partial charge in [0.15, 0.2) is 5.69 Å².